The first-order chi connectivity index (χ1) is 12.3. The van der Waals surface area contributed by atoms with Crippen LogP contribution in [-0.2, 0) is 11.3 Å². The van der Waals surface area contributed by atoms with Gasteiger partial charge in [-0.3, -0.25) is 0 Å². The summed E-state index contributed by atoms with van der Waals surface area (Å²) in [5.74, 6) is 0.913. The summed E-state index contributed by atoms with van der Waals surface area (Å²) in [7, 11) is 0. The molecule has 1 heterocycles. The molecule has 5 nitrogen and oxygen atoms in total. The van der Waals surface area contributed by atoms with Crippen LogP contribution in [0.5, 0.6) is 5.75 Å². The summed E-state index contributed by atoms with van der Waals surface area (Å²) < 4.78 is 11.6. The fraction of sp³-hybridized carbons (Fsp3) is 0.650. The third-order valence-electron chi connectivity index (χ3n) is 5.16. The molecule has 0 spiro atoms. The average molecular weight is 346 g/mol. The van der Waals surface area contributed by atoms with Crippen molar-refractivity contribution in [1.29, 1.82) is 0 Å². The van der Waals surface area contributed by atoms with Gasteiger partial charge in [0.2, 0.25) is 0 Å². The molecule has 1 unspecified atom stereocenters. The van der Waals surface area contributed by atoms with Crippen LogP contribution in [-0.4, -0.2) is 42.8 Å². The van der Waals surface area contributed by atoms with Gasteiger partial charge < -0.3 is 19.7 Å². The van der Waals surface area contributed by atoms with Crippen LogP contribution >= 0.6 is 0 Å². The fourth-order valence-corrected chi connectivity index (χ4v) is 3.64. The first kappa shape index (κ1) is 18.1. The van der Waals surface area contributed by atoms with Gasteiger partial charge in [-0.05, 0) is 49.8 Å². The maximum atomic E-state index is 12.5. The number of ether oxygens (including phenoxy) is 2. The van der Waals surface area contributed by atoms with Crippen LogP contribution in [0.4, 0.5) is 4.79 Å². The summed E-state index contributed by atoms with van der Waals surface area (Å²) in [6.07, 6.45) is 7.41. The molecule has 2 aliphatic rings. The molecular formula is C20H30N2O3. The van der Waals surface area contributed by atoms with Crippen molar-refractivity contribution in [3.63, 3.8) is 0 Å². The smallest absolute Gasteiger partial charge is 0.318 e. The number of urea groups is 1. The molecule has 2 fully saturated rings. The minimum atomic E-state index is -0.00579. The lowest BCUT2D eigenvalue weighted by Gasteiger charge is -2.35. The zero-order valence-corrected chi connectivity index (χ0v) is 15.2. The number of carbonyl (C=O) groups excluding carboxylic acids is 1. The monoisotopic (exact) mass is 346 g/mol. The first-order valence-corrected chi connectivity index (χ1v) is 9.64. The van der Waals surface area contributed by atoms with Crippen molar-refractivity contribution in [3.8, 4) is 5.75 Å². The highest BCUT2D eigenvalue weighted by molar-refractivity contribution is 5.74. The normalized spacial score (nSPS) is 21.8. The number of hydrogen-bond donors (Lipinski definition) is 1. The molecule has 1 saturated carbocycles. The summed E-state index contributed by atoms with van der Waals surface area (Å²) in [6, 6.07) is 8.26. The third-order valence-corrected chi connectivity index (χ3v) is 5.16. The lowest BCUT2D eigenvalue weighted by Crippen LogP contribution is -2.52. The summed E-state index contributed by atoms with van der Waals surface area (Å²) in [4.78, 5) is 14.4. The zero-order chi connectivity index (χ0) is 17.5. The van der Waals surface area contributed by atoms with Gasteiger partial charge in [-0.15, -0.1) is 0 Å². The molecule has 1 aromatic rings. The minimum Gasteiger partial charge on any atom is -0.490 e. The Labute approximate surface area is 150 Å². The van der Waals surface area contributed by atoms with Crippen molar-refractivity contribution in [1.82, 2.24) is 10.2 Å². The standard InChI is InChI=1S/C20H30N2O3/c1-2-17-15-24-12-11-22(17)20(23)21-14-16-7-6-10-19(13-16)25-18-8-4-3-5-9-18/h6-7,10,13,17-18H,2-5,8-9,11-12,14-15H2,1H3,(H,21,23). The topological polar surface area (TPSA) is 50.8 Å². The molecule has 0 aromatic heterocycles. The third kappa shape index (κ3) is 5.11. The van der Waals surface area contributed by atoms with E-state index in [0.717, 1.165) is 30.6 Å². The lowest BCUT2D eigenvalue weighted by atomic mass is 9.98. The minimum absolute atomic E-state index is 0.00579. The highest BCUT2D eigenvalue weighted by Crippen LogP contribution is 2.24. The SMILES string of the molecule is CCC1COCCN1C(=O)NCc1cccc(OC2CCCCC2)c1. The quantitative estimate of drug-likeness (QED) is 0.884. The molecule has 0 bridgehead atoms. The number of hydrogen-bond acceptors (Lipinski definition) is 3. The maximum Gasteiger partial charge on any atom is 0.318 e. The molecule has 1 N–H and O–H groups in total. The first-order valence-electron chi connectivity index (χ1n) is 9.64. The van der Waals surface area contributed by atoms with E-state index in [1.54, 1.807) is 0 Å². The predicted octanol–water partition coefficient (Wildman–Crippen LogP) is 3.72. The van der Waals surface area contributed by atoms with Crippen LogP contribution < -0.4 is 10.1 Å². The molecule has 1 aliphatic heterocycles. The molecule has 1 saturated heterocycles. The number of benzene rings is 1. The van der Waals surface area contributed by atoms with Crippen molar-refractivity contribution in [2.45, 2.75) is 64.1 Å². The number of nitrogens with one attached hydrogen (secondary N) is 1. The number of morpholine rings is 1. The maximum absolute atomic E-state index is 12.5. The van der Waals surface area contributed by atoms with Crippen LogP contribution in [0, 0.1) is 0 Å². The Morgan fingerprint density at radius 1 is 1.32 bits per heavy atom. The van der Waals surface area contributed by atoms with Gasteiger partial charge in [0.1, 0.15) is 5.75 Å². The Kier molecular flexibility index (Phi) is 6.56. The summed E-state index contributed by atoms with van der Waals surface area (Å²) >= 11 is 0. The van der Waals surface area contributed by atoms with Crippen molar-refractivity contribution in [2.75, 3.05) is 19.8 Å². The zero-order valence-electron chi connectivity index (χ0n) is 15.2. The summed E-state index contributed by atoms with van der Waals surface area (Å²) in [5, 5.41) is 3.04. The van der Waals surface area contributed by atoms with Gasteiger partial charge in [-0.1, -0.05) is 25.5 Å². The summed E-state index contributed by atoms with van der Waals surface area (Å²) in [6.45, 7) is 4.53. The van der Waals surface area contributed by atoms with E-state index >= 15 is 0 Å². The molecule has 3 rings (SSSR count). The van der Waals surface area contributed by atoms with Crippen molar-refractivity contribution >= 4 is 6.03 Å². The Morgan fingerprint density at radius 3 is 2.96 bits per heavy atom. The van der Waals surface area contributed by atoms with Gasteiger partial charge in [0, 0.05) is 13.1 Å². The number of rotatable bonds is 5. The predicted molar refractivity (Wildman–Crippen MR) is 97.8 cm³/mol. The number of amides is 2. The highest BCUT2D eigenvalue weighted by atomic mass is 16.5. The Balaban J connectivity index is 1.52. The van der Waals surface area contributed by atoms with Crippen molar-refractivity contribution < 1.29 is 14.3 Å². The van der Waals surface area contributed by atoms with Crippen LogP contribution in [0.3, 0.4) is 0 Å². The van der Waals surface area contributed by atoms with Gasteiger partial charge in [-0.2, -0.15) is 0 Å². The van der Waals surface area contributed by atoms with E-state index in [-0.39, 0.29) is 12.1 Å². The van der Waals surface area contributed by atoms with Crippen LogP contribution in [0.25, 0.3) is 0 Å². The van der Waals surface area contributed by atoms with Crippen molar-refractivity contribution in [3.05, 3.63) is 29.8 Å². The van der Waals surface area contributed by atoms with Gasteiger partial charge in [0.25, 0.3) is 0 Å². The Morgan fingerprint density at radius 2 is 2.16 bits per heavy atom. The molecule has 1 aromatic carbocycles. The molecule has 0 radical (unpaired) electrons. The lowest BCUT2D eigenvalue weighted by molar-refractivity contribution is 0.0112. The second-order valence-electron chi connectivity index (χ2n) is 7.01. The molecular weight excluding hydrogens is 316 g/mol. The van der Waals surface area contributed by atoms with Gasteiger partial charge in [0.05, 0.1) is 25.4 Å². The van der Waals surface area contributed by atoms with E-state index in [4.69, 9.17) is 9.47 Å². The Bertz CT molecular complexity index is 558. The van der Waals surface area contributed by atoms with E-state index in [9.17, 15) is 4.79 Å². The van der Waals surface area contributed by atoms with Crippen molar-refractivity contribution in [2.24, 2.45) is 0 Å². The highest BCUT2D eigenvalue weighted by Gasteiger charge is 2.25. The molecule has 1 atom stereocenters. The second-order valence-corrected chi connectivity index (χ2v) is 7.01. The number of nitrogens with zero attached hydrogens (tertiary/aromatic N) is 1. The molecule has 25 heavy (non-hydrogen) atoms. The second kappa shape index (κ2) is 9.09. The van der Waals surface area contributed by atoms with E-state index in [2.05, 4.69) is 12.2 Å². The molecule has 2 amide bonds. The molecule has 138 valence electrons. The largest absolute Gasteiger partial charge is 0.490 e. The average Bonchev–Trinajstić information content (AvgIpc) is 2.67. The van der Waals surface area contributed by atoms with Gasteiger partial charge >= 0.3 is 6.03 Å². The summed E-state index contributed by atoms with van der Waals surface area (Å²) in [5.41, 5.74) is 1.07. The van der Waals surface area contributed by atoms with Gasteiger partial charge in [-0.25, -0.2) is 4.79 Å². The van der Waals surface area contributed by atoms with Crippen LogP contribution in [0.15, 0.2) is 24.3 Å². The van der Waals surface area contributed by atoms with Gasteiger partial charge in [0.15, 0.2) is 0 Å². The van der Waals surface area contributed by atoms with E-state index in [1.165, 1.54) is 19.3 Å². The molecule has 1 aliphatic carbocycles. The van der Waals surface area contributed by atoms with E-state index in [1.807, 2.05) is 29.2 Å². The van der Waals surface area contributed by atoms with E-state index in [0.29, 0.717) is 32.4 Å². The molecule has 5 heteroatoms. The number of carbonyl (C=O) groups is 1. The fourth-order valence-electron chi connectivity index (χ4n) is 3.64. The Hall–Kier alpha value is -1.75. The van der Waals surface area contributed by atoms with E-state index < -0.39 is 0 Å². The van der Waals surface area contributed by atoms with Crippen LogP contribution in [0.1, 0.15) is 51.0 Å². The van der Waals surface area contributed by atoms with Crippen LogP contribution in [0.2, 0.25) is 0 Å².